The Kier molecular flexibility index (Phi) is 3.88. The zero-order valence-electron chi connectivity index (χ0n) is 13.5. The van der Waals surface area contributed by atoms with Crippen LogP contribution in [0.25, 0.3) is 10.8 Å². The third kappa shape index (κ3) is 3.02. The summed E-state index contributed by atoms with van der Waals surface area (Å²) in [5, 5.41) is 6.73. The van der Waals surface area contributed by atoms with E-state index in [1.165, 1.54) is 29.2 Å². The molecule has 1 aromatic heterocycles. The highest BCUT2D eigenvalue weighted by atomic mass is 16.5. The second-order valence-electron chi connectivity index (χ2n) is 6.54. The SMILES string of the molecule is Cc1cc(CN2CCC[C@H]2Cc2cccc3ccccc23)on1. The predicted molar refractivity (Wildman–Crippen MR) is 92.3 cm³/mol. The molecular formula is C20H22N2O. The molecule has 0 unspecified atom stereocenters. The summed E-state index contributed by atoms with van der Waals surface area (Å²) in [5.74, 6) is 0.979. The predicted octanol–water partition coefficient (Wildman–Crippen LogP) is 4.34. The fraction of sp³-hybridized carbons (Fsp3) is 0.350. The summed E-state index contributed by atoms with van der Waals surface area (Å²) in [7, 11) is 0. The molecule has 1 saturated heterocycles. The van der Waals surface area contributed by atoms with E-state index in [0.717, 1.165) is 31.0 Å². The Morgan fingerprint density at radius 1 is 1.17 bits per heavy atom. The summed E-state index contributed by atoms with van der Waals surface area (Å²) in [6, 6.07) is 18.0. The third-order valence-electron chi connectivity index (χ3n) is 4.87. The van der Waals surface area contributed by atoms with Crippen LogP contribution in [0.5, 0.6) is 0 Å². The molecule has 3 aromatic rings. The summed E-state index contributed by atoms with van der Waals surface area (Å²) in [6.45, 7) is 4.00. The van der Waals surface area contributed by atoms with Gasteiger partial charge in [0.1, 0.15) is 0 Å². The van der Waals surface area contributed by atoms with Gasteiger partial charge in [0.25, 0.3) is 0 Å². The van der Waals surface area contributed by atoms with Crippen LogP contribution in [0.4, 0.5) is 0 Å². The van der Waals surface area contributed by atoms with E-state index >= 15 is 0 Å². The van der Waals surface area contributed by atoms with Crippen LogP contribution in [0, 0.1) is 6.92 Å². The maximum Gasteiger partial charge on any atom is 0.150 e. The minimum Gasteiger partial charge on any atom is -0.360 e. The van der Waals surface area contributed by atoms with Crippen molar-refractivity contribution in [1.29, 1.82) is 0 Å². The molecule has 0 spiro atoms. The Balaban J connectivity index is 1.54. The molecule has 23 heavy (non-hydrogen) atoms. The first-order valence-corrected chi connectivity index (χ1v) is 8.42. The molecule has 4 rings (SSSR count). The van der Waals surface area contributed by atoms with E-state index in [1.807, 2.05) is 13.0 Å². The van der Waals surface area contributed by atoms with Gasteiger partial charge in [-0.1, -0.05) is 47.6 Å². The van der Waals surface area contributed by atoms with E-state index in [1.54, 1.807) is 0 Å². The van der Waals surface area contributed by atoms with Gasteiger partial charge in [-0.05, 0) is 49.1 Å². The van der Waals surface area contributed by atoms with Gasteiger partial charge in [-0.25, -0.2) is 0 Å². The normalized spacial score (nSPS) is 18.7. The molecule has 0 N–H and O–H groups in total. The summed E-state index contributed by atoms with van der Waals surface area (Å²) in [6.07, 6.45) is 3.63. The molecule has 0 aliphatic carbocycles. The largest absolute Gasteiger partial charge is 0.360 e. The van der Waals surface area contributed by atoms with Crippen molar-refractivity contribution < 1.29 is 4.52 Å². The summed E-state index contributed by atoms with van der Waals surface area (Å²) in [5.41, 5.74) is 2.42. The second-order valence-corrected chi connectivity index (χ2v) is 6.54. The summed E-state index contributed by atoms with van der Waals surface area (Å²) < 4.78 is 5.40. The molecular weight excluding hydrogens is 284 g/mol. The van der Waals surface area contributed by atoms with Gasteiger partial charge in [-0.3, -0.25) is 4.90 Å². The quantitative estimate of drug-likeness (QED) is 0.718. The maximum absolute atomic E-state index is 5.40. The molecule has 3 nitrogen and oxygen atoms in total. The van der Waals surface area contributed by atoms with Crippen LogP contribution < -0.4 is 0 Å². The average molecular weight is 306 g/mol. The average Bonchev–Trinajstić information content (AvgIpc) is 3.17. The van der Waals surface area contributed by atoms with Gasteiger partial charge in [0.15, 0.2) is 5.76 Å². The number of hydrogen-bond acceptors (Lipinski definition) is 3. The number of hydrogen-bond donors (Lipinski definition) is 0. The number of nitrogens with zero attached hydrogens (tertiary/aromatic N) is 2. The van der Waals surface area contributed by atoms with Gasteiger partial charge >= 0.3 is 0 Å². The second kappa shape index (κ2) is 6.17. The zero-order valence-corrected chi connectivity index (χ0v) is 13.5. The van der Waals surface area contributed by atoms with Crippen molar-refractivity contribution in [1.82, 2.24) is 10.1 Å². The van der Waals surface area contributed by atoms with Gasteiger partial charge < -0.3 is 4.52 Å². The molecule has 2 aromatic carbocycles. The van der Waals surface area contributed by atoms with Gasteiger partial charge in [0, 0.05) is 12.1 Å². The van der Waals surface area contributed by atoms with Gasteiger partial charge in [-0.15, -0.1) is 0 Å². The smallest absolute Gasteiger partial charge is 0.150 e. The molecule has 1 aliphatic heterocycles. The molecule has 0 bridgehead atoms. The van der Waals surface area contributed by atoms with E-state index in [-0.39, 0.29) is 0 Å². The monoisotopic (exact) mass is 306 g/mol. The van der Waals surface area contributed by atoms with E-state index in [9.17, 15) is 0 Å². The third-order valence-corrected chi connectivity index (χ3v) is 4.87. The Hall–Kier alpha value is -2.13. The highest BCUT2D eigenvalue weighted by molar-refractivity contribution is 5.85. The lowest BCUT2D eigenvalue weighted by molar-refractivity contribution is 0.214. The number of fused-ring (bicyclic) bond motifs is 1. The van der Waals surface area contributed by atoms with Crippen LogP contribution in [-0.2, 0) is 13.0 Å². The fourth-order valence-corrected chi connectivity index (χ4v) is 3.75. The van der Waals surface area contributed by atoms with Crippen molar-refractivity contribution in [2.45, 2.75) is 38.8 Å². The molecule has 0 radical (unpaired) electrons. The number of aryl methyl sites for hydroxylation is 1. The Bertz CT molecular complexity index is 803. The first-order chi connectivity index (χ1) is 11.3. The first kappa shape index (κ1) is 14.5. The van der Waals surface area contributed by atoms with Crippen molar-refractivity contribution >= 4 is 10.8 Å². The minimum absolute atomic E-state index is 0.589. The van der Waals surface area contributed by atoms with Crippen molar-refractivity contribution in [3.8, 4) is 0 Å². The number of benzene rings is 2. The first-order valence-electron chi connectivity index (χ1n) is 8.42. The van der Waals surface area contributed by atoms with E-state index < -0.39 is 0 Å². The van der Waals surface area contributed by atoms with Gasteiger partial charge in [0.2, 0.25) is 0 Å². The molecule has 1 aliphatic rings. The Morgan fingerprint density at radius 3 is 2.91 bits per heavy atom. The van der Waals surface area contributed by atoms with Crippen molar-refractivity contribution in [3.05, 3.63) is 65.5 Å². The molecule has 0 saturated carbocycles. The lowest BCUT2D eigenvalue weighted by atomic mass is 9.97. The Labute approximate surface area is 136 Å². The van der Waals surface area contributed by atoms with E-state index in [0.29, 0.717) is 6.04 Å². The van der Waals surface area contributed by atoms with Crippen LogP contribution in [0.1, 0.15) is 29.9 Å². The van der Waals surface area contributed by atoms with Crippen LogP contribution in [0.2, 0.25) is 0 Å². The number of rotatable bonds is 4. The molecule has 1 atom stereocenters. The van der Waals surface area contributed by atoms with Crippen LogP contribution in [0.3, 0.4) is 0 Å². The van der Waals surface area contributed by atoms with E-state index in [2.05, 4.69) is 52.5 Å². The summed E-state index contributed by atoms with van der Waals surface area (Å²) >= 11 is 0. The lowest BCUT2D eigenvalue weighted by Gasteiger charge is -2.23. The van der Waals surface area contributed by atoms with Crippen LogP contribution in [0.15, 0.2) is 53.1 Å². The van der Waals surface area contributed by atoms with Crippen LogP contribution >= 0.6 is 0 Å². The van der Waals surface area contributed by atoms with Crippen molar-refractivity contribution in [3.63, 3.8) is 0 Å². The molecule has 118 valence electrons. The van der Waals surface area contributed by atoms with Gasteiger partial charge in [0.05, 0.1) is 12.2 Å². The summed E-state index contributed by atoms with van der Waals surface area (Å²) in [4.78, 5) is 2.54. The Morgan fingerprint density at radius 2 is 2.04 bits per heavy atom. The number of likely N-dealkylation sites (tertiary alicyclic amines) is 1. The molecule has 2 heterocycles. The fourth-order valence-electron chi connectivity index (χ4n) is 3.75. The topological polar surface area (TPSA) is 29.3 Å². The molecule has 1 fully saturated rings. The lowest BCUT2D eigenvalue weighted by Crippen LogP contribution is -2.30. The minimum atomic E-state index is 0.589. The molecule has 0 amide bonds. The number of aromatic nitrogens is 1. The highest BCUT2D eigenvalue weighted by Crippen LogP contribution is 2.27. The maximum atomic E-state index is 5.40. The zero-order chi connectivity index (χ0) is 15.6. The van der Waals surface area contributed by atoms with Crippen molar-refractivity contribution in [2.24, 2.45) is 0 Å². The van der Waals surface area contributed by atoms with Gasteiger partial charge in [-0.2, -0.15) is 0 Å². The highest BCUT2D eigenvalue weighted by Gasteiger charge is 2.26. The van der Waals surface area contributed by atoms with Crippen LogP contribution in [-0.4, -0.2) is 22.6 Å². The standard InChI is InChI=1S/C20H22N2O/c1-15-12-19(23-21-15)14-22-11-5-9-18(22)13-17-8-4-7-16-6-2-3-10-20(16)17/h2-4,6-8,10,12,18H,5,9,11,13-14H2,1H3/t18-/m0/s1. The molecule has 3 heteroatoms. The van der Waals surface area contributed by atoms with Crippen molar-refractivity contribution in [2.75, 3.05) is 6.54 Å². The van der Waals surface area contributed by atoms with E-state index in [4.69, 9.17) is 4.52 Å².